The number of hydrogen-bond acceptors (Lipinski definition) is 3. The third-order valence-electron chi connectivity index (χ3n) is 1.83. The monoisotopic (exact) mass is 288 g/mol. The van der Waals surface area contributed by atoms with E-state index in [4.69, 9.17) is 0 Å². The largest absolute Gasteiger partial charge is 0.344 e. The van der Waals surface area contributed by atoms with E-state index < -0.39 is 0 Å². The molecular weight excluding hydrogens is 276 g/mol. The fraction of sp³-hybridized carbons (Fsp3) is 0.100. The van der Waals surface area contributed by atoms with E-state index >= 15 is 0 Å². The van der Waals surface area contributed by atoms with Gasteiger partial charge in [-0.3, -0.25) is 4.79 Å². The lowest BCUT2D eigenvalue weighted by Crippen LogP contribution is -2.22. The van der Waals surface area contributed by atoms with Crippen LogP contribution in [0, 0.1) is 0 Å². The maximum atomic E-state index is 11.7. The Morgan fingerprint density at radius 1 is 1.27 bits per heavy atom. The molecule has 0 spiro atoms. The second-order valence-electron chi connectivity index (χ2n) is 2.72. The molecule has 0 aromatic heterocycles. The van der Waals surface area contributed by atoms with Crippen molar-refractivity contribution in [3.8, 4) is 0 Å². The average molecular weight is 289 g/mol. The van der Waals surface area contributed by atoms with Crippen molar-refractivity contribution in [1.82, 2.24) is 11.1 Å². The minimum absolute atomic E-state index is 0. The quantitative estimate of drug-likeness (QED) is 0.864. The standard InChI is InChI=1S/C10H9NOS.BrH.H3N/c12-10(11-6-7-13-8-11)9-4-2-1-3-5-9;;/h1-7H,8H2;1H;1H3. The van der Waals surface area contributed by atoms with E-state index in [1.54, 1.807) is 16.7 Å². The van der Waals surface area contributed by atoms with Crippen LogP contribution in [-0.4, -0.2) is 16.7 Å². The van der Waals surface area contributed by atoms with E-state index in [0.29, 0.717) is 0 Å². The Hall–Kier alpha value is -0.780. The molecule has 1 aliphatic rings. The number of benzene rings is 1. The highest BCUT2D eigenvalue weighted by Gasteiger charge is 2.14. The van der Waals surface area contributed by atoms with E-state index in [1.165, 1.54) is 0 Å². The summed E-state index contributed by atoms with van der Waals surface area (Å²) in [5.74, 6) is 0.801. The number of nitrogens with zero attached hydrogens (tertiary/aromatic N) is 1. The normalized spacial score (nSPS) is 12.9. The second kappa shape index (κ2) is 6.66. The maximum absolute atomic E-state index is 11.7. The number of carbonyl (C=O) groups excluding carboxylic acids is 1. The van der Waals surface area contributed by atoms with Crippen LogP contribution in [-0.2, 0) is 0 Å². The number of halogens is 1. The van der Waals surface area contributed by atoms with Crippen molar-refractivity contribution < 1.29 is 4.79 Å². The van der Waals surface area contributed by atoms with Crippen molar-refractivity contribution in [3.63, 3.8) is 0 Å². The molecule has 0 fully saturated rings. The van der Waals surface area contributed by atoms with Crippen molar-refractivity contribution in [2.75, 3.05) is 5.88 Å². The van der Waals surface area contributed by atoms with Crippen LogP contribution in [0.3, 0.4) is 0 Å². The topological polar surface area (TPSA) is 55.3 Å². The smallest absolute Gasteiger partial charge is 0.258 e. The summed E-state index contributed by atoms with van der Waals surface area (Å²) in [7, 11) is 0. The number of amides is 1. The van der Waals surface area contributed by atoms with Gasteiger partial charge in [0.05, 0.1) is 5.88 Å². The van der Waals surface area contributed by atoms with Crippen molar-refractivity contribution in [2.45, 2.75) is 0 Å². The highest BCUT2D eigenvalue weighted by molar-refractivity contribution is 8.93. The number of carbonyl (C=O) groups is 1. The zero-order valence-corrected chi connectivity index (χ0v) is 10.7. The molecule has 0 radical (unpaired) electrons. The lowest BCUT2D eigenvalue weighted by atomic mass is 10.2. The van der Waals surface area contributed by atoms with Crippen molar-refractivity contribution in [2.24, 2.45) is 0 Å². The summed E-state index contributed by atoms with van der Waals surface area (Å²) in [6.07, 6.45) is 1.82. The number of thioether (sulfide) groups is 1. The van der Waals surface area contributed by atoms with Gasteiger partial charge in [-0.15, -0.1) is 28.7 Å². The predicted molar refractivity (Wildman–Crippen MR) is 69.6 cm³/mol. The van der Waals surface area contributed by atoms with Gasteiger partial charge in [0.2, 0.25) is 0 Å². The summed E-state index contributed by atoms with van der Waals surface area (Å²) in [5.41, 5.74) is 0.745. The highest BCUT2D eigenvalue weighted by atomic mass is 79.9. The Labute approximate surface area is 104 Å². The molecule has 1 heterocycles. The first-order chi connectivity index (χ1) is 6.38. The van der Waals surface area contributed by atoms with E-state index in [0.717, 1.165) is 11.4 Å². The molecule has 2 rings (SSSR count). The van der Waals surface area contributed by atoms with Gasteiger partial charge in [0, 0.05) is 11.8 Å². The van der Waals surface area contributed by atoms with Gasteiger partial charge in [-0.05, 0) is 17.5 Å². The molecule has 5 heteroatoms. The van der Waals surface area contributed by atoms with Gasteiger partial charge in [0.25, 0.3) is 5.91 Å². The molecule has 0 bridgehead atoms. The van der Waals surface area contributed by atoms with Crippen molar-refractivity contribution >= 4 is 34.7 Å². The van der Waals surface area contributed by atoms with Crippen LogP contribution in [0.25, 0.3) is 0 Å². The Balaban J connectivity index is 0.000000980. The molecule has 1 amide bonds. The molecule has 3 nitrogen and oxygen atoms in total. The molecule has 82 valence electrons. The zero-order valence-electron chi connectivity index (χ0n) is 8.13. The summed E-state index contributed by atoms with van der Waals surface area (Å²) in [6, 6.07) is 9.32. The van der Waals surface area contributed by atoms with Crippen LogP contribution in [0.4, 0.5) is 0 Å². The molecule has 3 N–H and O–H groups in total. The first-order valence-electron chi connectivity index (χ1n) is 4.02. The van der Waals surface area contributed by atoms with Gasteiger partial charge < -0.3 is 11.1 Å². The molecule has 0 atom stereocenters. The lowest BCUT2D eigenvalue weighted by molar-refractivity contribution is 0.0846. The minimum Gasteiger partial charge on any atom is -0.344 e. The molecule has 0 unspecified atom stereocenters. The fourth-order valence-electron chi connectivity index (χ4n) is 1.16. The van der Waals surface area contributed by atoms with Gasteiger partial charge in [-0.2, -0.15) is 0 Å². The molecular formula is C10H13BrN2OS. The fourth-order valence-corrected chi connectivity index (χ4v) is 1.84. The molecule has 1 aliphatic heterocycles. The lowest BCUT2D eigenvalue weighted by Gasteiger charge is -2.11. The molecule has 1 aromatic carbocycles. The van der Waals surface area contributed by atoms with Crippen LogP contribution in [0.5, 0.6) is 0 Å². The van der Waals surface area contributed by atoms with Gasteiger partial charge in [-0.25, -0.2) is 0 Å². The Bertz CT molecular complexity index is 343. The van der Waals surface area contributed by atoms with Crippen LogP contribution < -0.4 is 6.15 Å². The Morgan fingerprint density at radius 3 is 2.47 bits per heavy atom. The van der Waals surface area contributed by atoms with Crippen molar-refractivity contribution in [1.29, 1.82) is 0 Å². The van der Waals surface area contributed by atoms with Gasteiger partial charge in [-0.1, -0.05) is 18.2 Å². The van der Waals surface area contributed by atoms with E-state index in [9.17, 15) is 4.79 Å². The second-order valence-corrected chi connectivity index (χ2v) is 3.59. The number of hydrogen-bond donors (Lipinski definition) is 1. The Morgan fingerprint density at radius 2 is 1.93 bits per heavy atom. The van der Waals surface area contributed by atoms with E-state index in [1.807, 2.05) is 41.9 Å². The summed E-state index contributed by atoms with van der Waals surface area (Å²) in [4.78, 5) is 13.4. The maximum Gasteiger partial charge on any atom is 0.258 e. The van der Waals surface area contributed by atoms with E-state index in [-0.39, 0.29) is 29.0 Å². The van der Waals surface area contributed by atoms with Gasteiger partial charge in [0.1, 0.15) is 0 Å². The Kier molecular flexibility index (Phi) is 6.31. The molecule has 0 saturated carbocycles. The SMILES string of the molecule is Br.N.O=C(c1ccccc1)N1C=CSC1. The molecule has 1 aromatic rings. The van der Waals surface area contributed by atoms with Gasteiger partial charge in [0.15, 0.2) is 0 Å². The van der Waals surface area contributed by atoms with Gasteiger partial charge >= 0.3 is 0 Å². The summed E-state index contributed by atoms with van der Waals surface area (Å²) >= 11 is 1.63. The minimum atomic E-state index is 0. The first-order valence-corrected chi connectivity index (χ1v) is 5.07. The van der Waals surface area contributed by atoms with Crippen LogP contribution >= 0.6 is 28.7 Å². The third kappa shape index (κ3) is 3.37. The molecule has 15 heavy (non-hydrogen) atoms. The zero-order chi connectivity index (χ0) is 9.10. The highest BCUT2D eigenvalue weighted by Crippen LogP contribution is 2.17. The van der Waals surface area contributed by atoms with Crippen LogP contribution in [0.15, 0.2) is 41.9 Å². The van der Waals surface area contributed by atoms with Crippen LogP contribution in [0.2, 0.25) is 0 Å². The predicted octanol–water partition coefficient (Wildman–Crippen LogP) is 3.04. The number of rotatable bonds is 1. The van der Waals surface area contributed by atoms with Crippen LogP contribution in [0.1, 0.15) is 10.4 Å². The average Bonchev–Trinajstić information content (AvgIpc) is 2.71. The summed E-state index contributed by atoms with van der Waals surface area (Å²) < 4.78 is 0. The molecule has 0 saturated heterocycles. The summed E-state index contributed by atoms with van der Waals surface area (Å²) in [6.45, 7) is 0. The third-order valence-corrected chi connectivity index (χ3v) is 2.57. The van der Waals surface area contributed by atoms with Crippen molar-refractivity contribution in [3.05, 3.63) is 47.5 Å². The van der Waals surface area contributed by atoms with E-state index in [2.05, 4.69) is 0 Å². The summed E-state index contributed by atoms with van der Waals surface area (Å²) in [5, 5.41) is 1.93. The molecule has 0 aliphatic carbocycles. The first kappa shape index (κ1) is 14.2.